The van der Waals surface area contributed by atoms with E-state index < -0.39 is 8.07 Å². The molecule has 0 aliphatic heterocycles. The largest absolute Gasteiger partial charge is 0.268 e. The molecular formula is C14H20N2Si. The average Bonchev–Trinajstić information content (AvgIpc) is 2.63. The molecule has 3 heteroatoms. The second-order valence-electron chi connectivity index (χ2n) is 5.66. The highest BCUT2D eigenvalue weighted by molar-refractivity contribution is 6.88. The van der Waals surface area contributed by atoms with Crippen LogP contribution in [0.2, 0.25) is 19.6 Å². The van der Waals surface area contributed by atoms with Crippen molar-refractivity contribution in [1.82, 2.24) is 9.78 Å². The molecule has 2 rings (SSSR count). The van der Waals surface area contributed by atoms with Gasteiger partial charge in [0.15, 0.2) is 0 Å². The maximum atomic E-state index is 4.31. The maximum absolute atomic E-state index is 4.31. The van der Waals surface area contributed by atoms with Gasteiger partial charge in [-0.15, -0.1) is 0 Å². The van der Waals surface area contributed by atoms with E-state index in [1.54, 1.807) is 0 Å². The number of hydrogen-bond donors (Lipinski definition) is 0. The Hall–Kier alpha value is -1.35. The van der Waals surface area contributed by atoms with Gasteiger partial charge in [0.05, 0.1) is 20.8 Å². The van der Waals surface area contributed by atoms with Crippen molar-refractivity contribution in [1.29, 1.82) is 0 Å². The number of hydrogen-bond acceptors (Lipinski definition) is 1. The van der Waals surface area contributed by atoms with E-state index in [0.29, 0.717) is 0 Å². The van der Waals surface area contributed by atoms with Gasteiger partial charge < -0.3 is 0 Å². The quantitative estimate of drug-likeness (QED) is 0.759. The van der Waals surface area contributed by atoms with Crippen molar-refractivity contribution in [2.24, 2.45) is 0 Å². The van der Waals surface area contributed by atoms with Gasteiger partial charge in [0.2, 0.25) is 0 Å². The predicted octanol–water partition coefficient (Wildman–Crippen LogP) is 2.79. The summed E-state index contributed by atoms with van der Waals surface area (Å²) in [7, 11) is -1.17. The molecule has 0 bridgehead atoms. The minimum atomic E-state index is -1.17. The lowest BCUT2D eigenvalue weighted by atomic mass is 10.2. The summed E-state index contributed by atoms with van der Waals surface area (Å²) in [6.07, 6.45) is 3.98. The first-order valence-electron chi connectivity index (χ1n) is 6.03. The van der Waals surface area contributed by atoms with Gasteiger partial charge in [-0.2, -0.15) is 5.10 Å². The molecule has 0 atom stereocenters. The standard InChI is InChI=1S/C14H20N2Si/c1-12-9-15-16(10-12)11-13-5-7-14(8-6-13)17(2,3)4/h5-10H,11H2,1-4H3. The van der Waals surface area contributed by atoms with E-state index in [2.05, 4.69) is 62.1 Å². The third-order valence-corrected chi connectivity index (χ3v) is 4.99. The van der Waals surface area contributed by atoms with Crippen LogP contribution in [-0.4, -0.2) is 17.9 Å². The molecule has 2 nitrogen and oxygen atoms in total. The first kappa shape index (κ1) is 12.1. The first-order valence-corrected chi connectivity index (χ1v) is 9.53. The van der Waals surface area contributed by atoms with Crippen LogP contribution in [0.15, 0.2) is 36.7 Å². The fraction of sp³-hybridized carbons (Fsp3) is 0.357. The Morgan fingerprint density at radius 1 is 1.12 bits per heavy atom. The normalized spacial score (nSPS) is 11.8. The van der Waals surface area contributed by atoms with Crippen LogP contribution in [-0.2, 0) is 6.54 Å². The van der Waals surface area contributed by atoms with Crippen LogP contribution in [0.1, 0.15) is 11.1 Å². The summed E-state index contributed by atoms with van der Waals surface area (Å²) in [5.74, 6) is 0. The third-order valence-electron chi connectivity index (χ3n) is 2.93. The molecule has 0 saturated heterocycles. The minimum Gasteiger partial charge on any atom is -0.268 e. The lowest BCUT2D eigenvalue weighted by molar-refractivity contribution is 0.686. The molecule has 1 aromatic carbocycles. The molecule has 1 heterocycles. The summed E-state index contributed by atoms with van der Waals surface area (Å²) < 4.78 is 1.98. The molecule has 0 radical (unpaired) electrons. The Labute approximate surface area is 104 Å². The molecule has 0 aliphatic rings. The van der Waals surface area contributed by atoms with Crippen LogP contribution in [0, 0.1) is 6.92 Å². The van der Waals surface area contributed by atoms with E-state index in [0.717, 1.165) is 6.54 Å². The Morgan fingerprint density at radius 2 is 1.76 bits per heavy atom. The number of nitrogens with zero attached hydrogens (tertiary/aromatic N) is 2. The second kappa shape index (κ2) is 4.49. The van der Waals surface area contributed by atoms with Crippen molar-refractivity contribution < 1.29 is 0 Å². The van der Waals surface area contributed by atoms with E-state index >= 15 is 0 Å². The molecule has 2 aromatic rings. The number of aryl methyl sites for hydroxylation is 1. The molecule has 0 aliphatic carbocycles. The summed E-state index contributed by atoms with van der Waals surface area (Å²) in [5, 5.41) is 5.82. The highest BCUT2D eigenvalue weighted by Crippen LogP contribution is 2.06. The van der Waals surface area contributed by atoms with Gasteiger partial charge in [0, 0.05) is 6.20 Å². The zero-order valence-electron chi connectivity index (χ0n) is 11.1. The number of aromatic nitrogens is 2. The zero-order chi connectivity index (χ0) is 12.5. The molecule has 1 aromatic heterocycles. The summed E-state index contributed by atoms with van der Waals surface area (Å²) in [4.78, 5) is 0. The lowest BCUT2D eigenvalue weighted by Gasteiger charge is -2.16. The monoisotopic (exact) mass is 244 g/mol. The first-order chi connectivity index (χ1) is 7.95. The van der Waals surface area contributed by atoms with Gasteiger partial charge >= 0.3 is 0 Å². The summed E-state index contributed by atoms with van der Waals surface area (Å²) in [6.45, 7) is 10.0. The van der Waals surface area contributed by atoms with Crippen molar-refractivity contribution in [2.75, 3.05) is 0 Å². The van der Waals surface area contributed by atoms with E-state index in [1.165, 1.54) is 16.3 Å². The van der Waals surface area contributed by atoms with Crippen LogP contribution in [0.25, 0.3) is 0 Å². The molecule has 0 unspecified atom stereocenters. The van der Waals surface area contributed by atoms with Crippen molar-refractivity contribution in [3.8, 4) is 0 Å². The van der Waals surface area contributed by atoms with Crippen LogP contribution >= 0.6 is 0 Å². The predicted molar refractivity (Wildman–Crippen MR) is 75.5 cm³/mol. The Balaban J connectivity index is 2.13. The maximum Gasteiger partial charge on any atom is 0.0775 e. The Morgan fingerprint density at radius 3 is 2.24 bits per heavy atom. The van der Waals surface area contributed by atoms with Crippen LogP contribution < -0.4 is 5.19 Å². The molecule has 0 spiro atoms. The van der Waals surface area contributed by atoms with E-state index in [4.69, 9.17) is 0 Å². The van der Waals surface area contributed by atoms with Crippen LogP contribution in [0.4, 0.5) is 0 Å². The summed E-state index contributed by atoms with van der Waals surface area (Å²) in [5.41, 5.74) is 2.53. The Bertz CT molecular complexity index is 492. The smallest absolute Gasteiger partial charge is 0.0775 e. The molecule has 90 valence electrons. The molecular weight excluding hydrogens is 224 g/mol. The summed E-state index contributed by atoms with van der Waals surface area (Å²) in [6, 6.07) is 9.00. The van der Waals surface area contributed by atoms with Gasteiger partial charge in [0.1, 0.15) is 0 Å². The van der Waals surface area contributed by atoms with Crippen molar-refractivity contribution in [2.45, 2.75) is 33.1 Å². The number of rotatable bonds is 3. The highest BCUT2D eigenvalue weighted by Gasteiger charge is 2.15. The molecule has 0 fully saturated rings. The summed E-state index contributed by atoms with van der Waals surface area (Å²) >= 11 is 0. The van der Waals surface area contributed by atoms with Crippen LogP contribution in [0.5, 0.6) is 0 Å². The molecule has 0 N–H and O–H groups in total. The van der Waals surface area contributed by atoms with Gasteiger partial charge in [-0.05, 0) is 18.1 Å². The van der Waals surface area contributed by atoms with Gasteiger partial charge in [-0.25, -0.2) is 0 Å². The molecule has 0 amide bonds. The third kappa shape index (κ3) is 3.06. The molecule has 17 heavy (non-hydrogen) atoms. The molecule has 0 saturated carbocycles. The topological polar surface area (TPSA) is 17.8 Å². The fourth-order valence-corrected chi connectivity index (χ4v) is 3.02. The highest BCUT2D eigenvalue weighted by atomic mass is 28.3. The van der Waals surface area contributed by atoms with E-state index in [-0.39, 0.29) is 0 Å². The average molecular weight is 244 g/mol. The fourth-order valence-electron chi connectivity index (χ4n) is 1.85. The van der Waals surface area contributed by atoms with Gasteiger partial charge in [0.25, 0.3) is 0 Å². The zero-order valence-corrected chi connectivity index (χ0v) is 12.1. The van der Waals surface area contributed by atoms with Crippen molar-refractivity contribution in [3.63, 3.8) is 0 Å². The Kier molecular flexibility index (Phi) is 3.20. The van der Waals surface area contributed by atoms with Gasteiger partial charge in [-0.3, -0.25) is 4.68 Å². The van der Waals surface area contributed by atoms with Gasteiger partial charge in [-0.1, -0.05) is 49.1 Å². The van der Waals surface area contributed by atoms with Crippen molar-refractivity contribution in [3.05, 3.63) is 47.8 Å². The van der Waals surface area contributed by atoms with Crippen LogP contribution in [0.3, 0.4) is 0 Å². The second-order valence-corrected chi connectivity index (χ2v) is 10.7. The SMILES string of the molecule is Cc1cnn(Cc2ccc([Si](C)(C)C)cc2)c1. The lowest BCUT2D eigenvalue weighted by Crippen LogP contribution is -2.37. The number of benzene rings is 1. The van der Waals surface area contributed by atoms with E-state index in [9.17, 15) is 0 Å². The van der Waals surface area contributed by atoms with E-state index in [1.807, 2.05) is 10.9 Å². The minimum absolute atomic E-state index is 0.861. The van der Waals surface area contributed by atoms with Crippen molar-refractivity contribution >= 4 is 13.3 Å².